The highest BCUT2D eigenvalue weighted by atomic mass is 35.5. The van der Waals surface area contributed by atoms with E-state index in [1.165, 1.54) is 36.5 Å². The molecule has 0 bridgehead atoms. The molecule has 0 aliphatic heterocycles. The van der Waals surface area contributed by atoms with Crippen LogP contribution in [0, 0.1) is 10.1 Å². The van der Waals surface area contributed by atoms with E-state index in [4.69, 9.17) is 34.8 Å². The maximum atomic E-state index is 10.7. The molecule has 0 aliphatic carbocycles. The van der Waals surface area contributed by atoms with Gasteiger partial charge in [0.2, 0.25) is 0 Å². The van der Waals surface area contributed by atoms with Crippen LogP contribution >= 0.6 is 34.8 Å². The predicted molar refractivity (Wildman–Crippen MR) is 83.5 cm³/mol. The number of phenols is 1. The van der Waals surface area contributed by atoms with Crippen LogP contribution < -0.4 is 0 Å². The van der Waals surface area contributed by atoms with Crippen LogP contribution in [0.4, 0.5) is 11.4 Å². The summed E-state index contributed by atoms with van der Waals surface area (Å²) < 4.78 is 0. The minimum Gasteiger partial charge on any atom is -0.507 e. The number of halogens is 3. The third-order valence-corrected chi connectivity index (χ3v) is 3.58. The Morgan fingerprint density at radius 3 is 2.43 bits per heavy atom. The van der Waals surface area contributed by atoms with Gasteiger partial charge in [0.05, 0.1) is 25.7 Å². The fourth-order valence-electron chi connectivity index (χ4n) is 1.51. The molecular weight excluding hydrogens is 339 g/mol. The van der Waals surface area contributed by atoms with E-state index in [0.717, 1.165) is 0 Å². The molecule has 0 atom stereocenters. The van der Waals surface area contributed by atoms with Gasteiger partial charge in [0.15, 0.2) is 0 Å². The molecule has 8 heteroatoms. The van der Waals surface area contributed by atoms with Gasteiger partial charge in [-0.05, 0) is 18.2 Å². The maximum absolute atomic E-state index is 10.7. The Balaban J connectivity index is 2.40. The summed E-state index contributed by atoms with van der Waals surface area (Å²) in [6.45, 7) is 0. The smallest absolute Gasteiger partial charge is 0.270 e. The molecule has 2 rings (SSSR count). The van der Waals surface area contributed by atoms with Gasteiger partial charge >= 0.3 is 0 Å². The van der Waals surface area contributed by atoms with Gasteiger partial charge in [-0.2, -0.15) is 0 Å². The molecule has 0 amide bonds. The molecular formula is C13H7Cl3N2O3. The molecule has 108 valence electrons. The Morgan fingerprint density at radius 1 is 1.10 bits per heavy atom. The van der Waals surface area contributed by atoms with E-state index < -0.39 is 4.92 Å². The van der Waals surface area contributed by atoms with Crippen LogP contribution in [-0.2, 0) is 0 Å². The third kappa shape index (κ3) is 3.64. The molecule has 2 aromatic rings. The van der Waals surface area contributed by atoms with Crippen LogP contribution in [-0.4, -0.2) is 16.2 Å². The van der Waals surface area contributed by atoms with Crippen molar-refractivity contribution in [3.63, 3.8) is 0 Å². The van der Waals surface area contributed by atoms with E-state index in [1.54, 1.807) is 0 Å². The second kappa shape index (κ2) is 6.30. The number of nitro groups is 1. The Kier molecular flexibility index (Phi) is 4.67. The monoisotopic (exact) mass is 344 g/mol. The molecule has 0 radical (unpaired) electrons. The van der Waals surface area contributed by atoms with E-state index >= 15 is 0 Å². The number of hydrogen-bond donors (Lipinski definition) is 1. The lowest BCUT2D eigenvalue weighted by molar-refractivity contribution is -0.384. The van der Waals surface area contributed by atoms with Crippen molar-refractivity contribution >= 4 is 52.4 Å². The van der Waals surface area contributed by atoms with Gasteiger partial charge in [-0.15, -0.1) is 0 Å². The Hall–Kier alpha value is -1.82. The highest BCUT2D eigenvalue weighted by Gasteiger charge is 2.09. The van der Waals surface area contributed by atoms with Gasteiger partial charge < -0.3 is 5.11 Å². The summed E-state index contributed by atoms with van der Waals surface area (Å²) in [6.07, 6.45) is 1.26. The molecule has 0 fully saturated rings. The van der Waals surface area contributed by atoms with Crippen LogP contribution in [0.5, 0.6) is 5.75 Å². The van der Waals surface area contributed by atoms with Crippen molar-refractivity contribution in [2.45, 2.75) is 0 Å². The molecule has 0 saturated heterocycles. The van der Waals surface area contributed by atoms with Crippen molar-refractivity contribution in [3.8, 4) is 5.75 Å². The van der Waals surface area contributed by atoms with Crippen molar-refractivity contribution < 1.29 is 10.0 Å². The van der Waals surface area contributed by atoms with Crippen molar-refractivity contribution in [3.05, 3.63) is 61.1 Å². The van der Waals surface area contributed by atoms with Crippen LogP contribution in [0.15, 0.2) is 35.3 Å². The van der Waals surface area contributed by atoms with Gasteiger partial charge in [-0.3, -0.25) is 15.1 Å². The highest BCUT2D eigenvalue weighted by molar-refractivity contribution is 6.43. The second-order valence-corrected chi connectivity index (χ2v) is 5.20. The first kappa shape index (κ1) is 15.6. The van der Waals surface area contributed by atoms with Gasteiger partial charge in [0.1, 0.15) is 5.75 Å². The van der Waals surface area contributed by atoms with Crippen LogP contribution in [0.25, 0.3) is 0 Å². The van der Waals surface area contributed by atoms with Gasteiger partial charge in [0.25, 0.3) is 5.69 Å². The predicted octanol–water partition coefficient (Wildman–Crippen LogP) is 5.01. The number of benzene rings is 2. The quantitative estimate of drug-likeness (QED) is 0.367. The number of phenolic OH excluding ortho intramolecular Hbond substituents is 1. The molecule has 0 aromatic heterocycles. The molecule has 0 unspecified atom stereocenters. The first-order chi connectivity index (χ1) is 9.88. The van der Waals surface area contributed by atoms with Crippen molar-refractivity contribution in [1.82, 2.24) is 0 Å². The Labute approximate surface area is 134 Å². The summed E-state index contributed by atoms with van der Waals surface area (Å²) in [4.78, 5) is 14.2. The lowest BCUT2D eigenvalue weighted by Crippen LogP contribution is -1.90. The third-order valence-electron chi connectivity index (χ3n) is 2.55. The maximum Gasteiger partial charge on any atom is 0.270 e. The molecule has 0 aliphatic rings. The molecule has 0 spiro atoms. The largest absolute Gasteiger partial charge is 0.507 e. The van der Waals surface area contributed by atoms with Crippen LogP contribution in [0.1, 0.15) is 5.56 Å². The van der Waals surface area contributed by atoms with Crippen molar-refractivity contribution in [2.24, 2.45) is 4.99 Å². The number of hydrogen-bond acceptors (Lipinski definition) is 4. The summed E-state index contributed by atoms with van der Waals surface area (Å²) in [7, 11) is 0. The van der Waals surface area contributed by atoms with Crippen LogP contribution in [0.2, 0.25) is 15.1 Å². The minimum atomic E-state index is -0.567. The number of rotatable bonds is 3. The highest BCUT2D eigenvalue weighted by Crippen LogP contribution is 2.34. The second-order valence-electron chi connectivity index (χ2n) is 3.98. The number of aromatic hydroxyl groups is 1. The molecule has 1 N–H and O–H groups in total. The topological polar surface area (TPSA) is 75.7 Å². The molecule has 21 heavy (non-hydrogen) atoms. The van der Waals surface area contributed by atoms with Gasteiger partial charge in [-0.25, -0.2) is 0 Å². The summed E-state index contributed by atoms with van der Waals surface area (Å²) in [5, 5.41) is 21.2. The lowest BCUT2D eigenvalue weighted by atomic mass is 10.2. The fourth-order valence-corrected chi connectivity index (χ4v) is 2.10. The van der Waals surface area contributed by atoms with Crippen molar-refractivity contribution in [2.75, 3.05) is 0 Å². The zero-order valence-electron chi connectivity index (χ0n) is 10.3. The standard InChI is InChI=1S/C13H7Cl3N2O3/c14-9-4-11(16)12(5-10(9)15)17-6-7-3-8(18(20)21)1-2-13(7)19/h1-6,19H. The number of non-ortho nitro benzene ring substituents is 1. The molecule has 0 heterocycles. The summed E-state index contributed by atoms with van der Waals surface area (Å²) in [5.74, 6) is -0.138. The minimum absolute atomic E-state index is 0.138. The zero-order chi connectivity index (χ0) is 15.6. The lowest BCUT2D eigenvalue weighted by Gasteiger charge is -2.02. The fraction of sp³-hybridized carbons (Fsp3) is 0. The average Bonchev–Trinajstić information content (AvgIpc) is 2.42. The summed E-state index contributed by atoms with van der Waals surface area (Å²) in [6, 6.07) is 6.50. The zero-order valence-corrected chi connectivity index (χ0v) is 12.5. The number of nitrogens with zero attached hydrogens (tertiary/aromatic N) is 2. The van der Waals surface area contributed by atoms with E-state index in [2.05, 4.69) is 4.99 Å². The average molecular weight is 346 g/mol. The SMILES string of the molecule is O=[N+]([O-])c1ccc(O)c(C=Nc2cc(Cl)c(Cl)cc2Cl)c1. The van der Waals surface area contributed by atoms with E-state index in [0.29, 0.717) is 10.7 Å². The molecule has 2 aromatic carbocycles. The first-order valence-corrected chi connectivity index (χ1v) is 6.68. The summed E-state index contributed by atoms with van der Waals surface area (Å²) in [5.41, 5.74) is 0.359. The summed E-state index contributed by atoms with van der Waals surface area (Å²) >= 11 is 17.6. The van der Waals surface area contributed by atoms with E-state index in [1.807, 2.05) is 0 Å². The van der Waals surface area contributed by atoms with E-state index in [9.17, 15) is 15.2 Å². The number of nitro benzene ring substituents is 1. The Bertz CT molecular complexity index is 748. The molecule has 5 nitrogen and oxygen atoms in total. The molecule has 0 saturated carbocycles. The van der Waals surface area contributed by atoms with E-state index in [-0.39, 0.29) is 27.0 Å². The van der Waals surface area contributed by atoms with Gasteiger partial charge in [-0.1, -0.05) is 34.8 Å². The number of aliphatic imine (C=N–C) groups is 1. The first-order valence-electron chi connectivity index (χ1n) is 5.54. The Morgan fingerprint density at radius 2 is 1.76 bits per heavy atom. The normalized spacial score (nSPS) is 11.0. The van der Waals surface area contributed by atoms with Crippen LogP contribution in [0.3, 0.4) is 0 Å². The van der Waals surface area contributed by atoms with Crippen molar-refractivity contribution in [1.29, 1.82) is 0 Å². The van der Waals surface area contributed by atoms with Gasteiger partial charge in [0, 0.05) is 23.9 Å².